The van der Waals surface area contributed by atoms with E-state index in [1.807, 2.05) is 17.9 Å². The molecule has 4 rings (SSSR count). The first-order chi connectivity index (χ1) is 21.3. The quantitative estimate of drug-likeness (QED) is 0.214. The van der Waals surface area contributed by atoms with Gasteiger partial charge < -0.3 is 28.9 Å². The summed E-state index contributed by atoms with van der Waals surface area (Å²) in [6.07, 6.45) is 2.57. The molecule has 10 heteroatoms. The molecule has 1 aromatic carbocycles. The van der Waals surface area contributed by atoms with Gasteiger partial charge in [0, 0.05) is 58.1 Å². The van der Waals surface area contributed by atoms with Crippen LogP contribution in [-0.4, -0.2) is 98.4 Å². The Hall–Kier alpha value is -2.40. The molecule has 0 saturated carbocycles. The van der Waals surface area contributed by atoms with Crippen molar-refractivity contribution in [3.05, 3.63) is 52.2 Å². The molecular weight excluding hydrogens is 603 g/mol. The molecule has 3 atom stereocenters. The normalized spacial score (nSPS) is 20.3. The van der Waals surface area contributed by atoms with E-state index < -0.39 is 8.07 Å². The summed E-state index contributed by atoms with van der Waals surface area (Å²) in [5, 5.41) is 2.07. The average molecular weight is 658 g/mol. The summed E-state index contributed by atoms with van der Waals surface area (Å²) < 4.78 is 18.7. The molecule has 0 aliphatic carbocycles. The lowest BCUT2D eigenvalue weighted by atomic mass is 9.87. The molecular formula is C35H55N3O5SSi. The number of hydrogen-bond acceptors (Lipinski definition) is 7. The summed E-state index contributed by atoms with van der Waals surface area (Å²) >= 11 is 1.68. The molecule has 3 heterocycles. The summed E-state index contributed by atoms with van der Waals surface area (Å²) in [6.45, 7) is 18.8. The molecule has 2 aliphatic heterocycles. The van der Waals surface area contributed by atoms with Crippen LogP contribution >= 0.6 is 11.3 Å². The highest BCUT2D eigenvalue weighted by Crippen LogP contribution is 2.36. The van der Waals surface area contributed by atoms with E-state index in [4.69, 9.17) is 14.2 Å². The monoisotopic (exact) mass is 657 g/mol. The van der Waals surface area contributed by atoms with E-state index in [1.165, 1.54) is 5.56 Å². The molecule has 0 radical (unpaired) electrons. The number of thiophene rings is 1. The van der Waals surface area contributed by atoms with Crippen molar-refractivity contribution in [2.45, 2.75) is 109 Å². The Bertz CT molecular complexity index is 1240. The Kier molecular flexibility index (Phi) is 12.2. The number of hydrogen-bond donors (Lipinski definition) is 0. The zero-order valence-electron chi connectivity index (χ0n) is 28.7. The summed E-state index contributed by atoms with van der Waals surface area (Å²) in [5.74, 6) is 1.00. The van der Waals surface area contributed by atoms with Gasteiger partial charge in [0.15, 0.2) is 0 Å². The van der Waals surface area contributed by atoms with Gasteiger partial charge in [-0.15, -0.1) is 11.3 Å². The van der Waals surface area contributed by atoms with E-state index in [0.29, 0.717) is 32.2 Å². The Morgan fingerprint density at radius 3 is 2.49 bits per heavy atom. The fourth-order valence-corrected chi connectivity index (χ4v) is 7.75. The van der Waals surface area contributed by atoms with Gasteiger partial charge in [0.2, 0.25) is 0 Å². The van der Waals surface area contributed by atoms with Gasteiger partial charge in [-0.1, -0.05) is 43.9 Å². The third-order valence-electron chi connectivity index (χ3n) is 9.21. The van der Waals surface area contributed by atoms with Crippen molar-refractivity contribution in [1.82, 2.24) is 14.7 Å². The van der Waals surface area contributed by atoms with Crippen LogP contribution in [0.15, 0.2) is 41.8 Å². The van der Waals surface area contributed by atoms with Gasteiger partial charge in [-0.05, 0) is 76.1 Å². The highest BCUT2D eigenvalue weighted by molar-refractivity contribution is 7.10. The fraction of sp³-hybridized carbons (Fsp3) is 0.657. The van der Waals surface area contributed by atoms with Gasteiger partial charge in [0.05, 0.1) is 18.8 Å². The average Bonchev–Trinajstić information content (AvgIpc) is 3.52. The Morgan fingerprint density at radius 2 is 1.84 bits per heavy atom. The van der Waals surface area contributed by atoms with Crippen LogP contribution in [0.25, 0.3) is 0 Å². The van der Waals surface area contributed by atoms with Gasteiger partial charge in [0.1, 0.15) is 18.0 Å². The molecule has 1 aromatic heterocycles. The Labute approximate surface area is 276 Å². The van der Waals surface area contributed by atoms with Gasteiger partial charge >= 0.3 is 6.09 Å². The lowest BCUT2D eigenvalue weighted by Gasteiger charge is -2.50. The number of nitrogens with zero attached hydrogens (tertiary/aromatic N) is 3. The maximum atomic E-state index is 12.7. The molecule has 2 fully saturated rings. The van der Waals surface area contributed by atoms with Crippen molar-refractivity contribution in [2.24, 2.45) is 0 Å². The van der Waals surface area contributed by atoms with Crippen LogP contribution in [0.3, 0.4) is 0 Å². The predicted octanol–water partition coefficient (Wildman–Crippen LogP) is 7.09. The summed E-state index contributed by atoms with van der Waals surface area (Å²) in [4.78, 5) is 32.7. The highest BCUT2D eigenvalue weighted by Gasteiger charge is 2.46. The zero-order chi connectivity index (χ0) is 32.8. The third-order valence-corrected chi connectivity index (χ3v) is 11.9. The molecule has 8 nitrogen and oxygen atoms in total. The van der Waals surface area contributed by atoms with E-state index >= 15 is 0 Å². The summed E-state index contributed by atoms with van der Waals surface area (Å²) in [7, 11) is 0.543. The van der Waals surface area contributed by atoms with Crippen LogP contribution in [-0.2, 0) is 20.7 Å². The first-order valence-corrected chi connectivity index (χ1v) is 21.2. The number of morpholine rings is 1. The van der Waals surface area contributed by atoms with E-state index in [2.05, 4.69) is 81.0 Å². The molecule has 45 heavy (non-hydrogen) atoms. The van der Waals surface area contributed by atoms with Crippen LogP contribution in [0.5, 0.6) is 5.75 Å². The molecule has 0 bridgehead atoms. The molecule has 0 unspecified atom stereocenters. The standard InChI is InChI=1S/C35H55N3O5SSi/c1-26(2)38-25-35(43-28(4)33(38)39)16-19-37(20-17-35)27(3)24-29-12-9-10-13-30(29)42-31(32-14-11-22-44-32)15-18-36(5)34(40)41-21-23-45(6,7)8/h9-14,22,26-28,31H,15-21,23-25H2,1-8H3/t27-,28-,31-/m1/s1. The van der Waals surface area contributed by atoms with Gasteiger partial charge in [-0.25, -0.2) is 4.79 Å². The minimum absolute atomic E-state index is 0.105. The minimum atomic E-state index is -1.26. The molecule has 250 valence electrons. The van der Waals surface area contributed by atoms with E-state index in [1.54, 1.807) is 23.3 Å². The fourth-order valence-electron chi connectivity index (χ4n) is 6.25. The van der Waals surface area contributed by atoms with Crippen LogP contribution in [0.1, 0.15) is 63.5 Å². The lowest BCUT2D eigenvalue weighted by Crippen LogP contribution is -2.63. The van der Waals surface area contributed by atoms with Crippen molar-refractivity contribution < 1.29 is 23.8 Å². The number of benzene rings is 1. The van der Waals surface area contributed by atoms with E-state index in [-0.39, 0.29) is 35.9 Å². The number of rotatable bonds is 13. The first-order valence-electron chi connectivity index (χ1n) is 16.6. The number of ether oxygens (including phenoxy) is 3. The number of carbonyl (C=O) groups is 2. The van der Waals surface area contributed by atoms with Crippen LogP contribution in [0, 0.1) is 0 Å². The van der Waals surface area contributed by atoms with Gasteiger partial charge in [-0.2, -0.15) is 0 Å². The summed E-state index contributed by atoms with van der Waals surface area (Å²) in [6, 6.07) is 14.0. The smallest absolute Gasteiger partial charge is 0.409 e. The van der Waals surface area contributed by atoms with Crippen molar-refractivity contribution in [3.8, 4) is 5.75 Å². The van der Waals surface area contributed by atoms with Crippen molar-refractivity contribution >= 4 is 31.4 Å². The summed E-state index contributed by atoms with van der Waals surface area (Å²) in [5.41, 5.74) is 0.932. The van der Waals surface area contributed by atoms with E-state index in [0.717, 1.165) is 49.0 Å². The highest BCUT2D eigenvalue weighted by atomic mass is 32.1. The topological polar surface area (TPSA) is 71.6 Å². The third kappa shape index (κ3) is 9.80. The lowest BCUT2D eigenvalue weighted by molar-refractivity contribution is -0.193. The first kappa shape index (κ1) is 35.5. The molecule has 2 aliphatic rings. The van der Waals surface area contributed by atoms with Crippen molar-refractivity contribution in [1.29, 1.82) is 0 Å². The maximum Gasteiger partial charge on any atom is 0.409 e. The van der Waals surface area contributed by atoms with Crippen LogP contribution in [0.4, 0.5) is 4.79 Å². The number of amides is 2. The number of likely N-dealkylation sites (tertiary alicyclic amines) is 1. The Morgan fingerprint density at radius 1 is 1.13 bits per heavy atom. The number of carbonyl (C=O) groups excluding carboxylic acids is 2. The second-order valence-corrected chi connectivity index (χ2v) is 21.1. The largest absolute Gasteiger partial charge is 0.485 e. The Balaban J connectivity index is 1.35. The molecule has 2 aromatic rings. The molecule has 0 N–H and O–H groups in total. The number of piperidine rings is 1. The maximum absolute atomic E-state index is 12.7. The van der Waals surface area contributed by atoms with Crippen LogP contribution < -0.4 is 4.74 Å². The molecule has 2 amide bonds. The molecule has 2 saturated heterocycles. The SMILES string of the molecule is CC(C)N1CC2(CCN([C@H](C)Cc3ccccc3O[C@H](CCN(C)C(=O)OCC[Si](C)(C)C)c3cccs3)CC2)O[C@H](C)C1=O. The van der Waals surface area contributed by atoms with Gasteiger partial charge in [-0.3, -0.25) is 4.79 Å². The van der Waals surface area contributed by atoms with E-state index in [9.17, 15) is 9.59 Å². The second-order valence-electron chi connectivity index (χ2n) is 14.5. The predicted molar refractivity (Wildman–Crippen MR) is 185 cm³/mol. The number of para-hydroxylation sites is 1. The van der Waals surface area contributed by atoms with Crippen LogP contribution in [0.2, 0.25) is 25.7 Å². The zero-order valence-corrected chi connectivity index (χ0v) is 30.5. The second kappa shape index (κ2) is 15.5. The van der Waals surface area contributed by atoms with Crippen molar-refractivity contribution in [2.75, 3.05) is 39.8 Å². The van der Waals surface area contributed by atoms with Crippen molar-refractivity contribution in [3.63, 3.8) is 0 Å². The molecule has 1 spiro atoms. The minimum Gasteiger partial charge on any atom is -0.485 e. The van der Waals surface area contributed by atoms with Gasteiger partial charge in [0.25, 0.3) is 5.91 Å².